The van der Waals surface area contributed by atoms with E-state index < -0.39 is 11.7 Å². The molecule has 0 spiro atoms. The van der Waals surface area contributed by atoms with E-state index in [2.05, 4.69) is 5.32 Å². The number of carbonyl (C=O) groups is 2. The van der Waals surface area contributed by atoms with Crippen LogP contribution in [0.1, 0.15) is 19.4 Å². The van der Waals surface area contributed by atoms with Gasteiger partial charge < -0.3 is 10.1 Å². The van der Waals surface area contributed by atoms with Crippen LogP contribution >= 0.6 is 0 Å². The molecule has 0 saturated carbocycles. The zero-order valence-electron chi connectivity index (χ0n) is 9.40. The molecular weight excluding hydrogens is 206 g/mol. The first-order chi connectivity index (χ1) is 7.53. The maximum Gasteiger partial charge on any atom is 0.408 e. The van der Waals surface area contributed by atoms with Crippen molar-refractivity contribution in [3.8, 4) is 0 Å². The molecule has 1 rings (SSSR count). The van der Waals surface area contributed by atoms with E-state index in [4.69, 9.17) is 4.74 Å². The van der Waals surface area contributed by atoms with Gasteiger partial charge in [0, 0.05) is 6.54 Å². The van der Waals surface area contributed by atoms with E-state index in [1.54, 1.807) is 0 Å². The van der Waals surface area contributed by atoms with Gasteiger partial charge in [-0.1, -0.05) is 30.3 Å². The monoisotopic (exact) mass is 221 g/mol. The van der Waals surface area contributed by atoms with Gasteiger partial charge in [0.2, 0.25) is 0 Å². The Labute approximate surface area is 94.6 Å². The van der Waals surface area contributed by atoms with Gasteiger partial charge in [0.05, 0.1) is 0 Å². The summed E-state index contributed by atoms with van der Waals surface area (Å²) >= 11 is 0. The van der Waals surface area contributed by atoms with Crippen LogP contribution in [0.3, 0.4) is 0 Å². The molecule has 0 radical (unpaired) electrons. The highest BCUT2D eigenvalue weighted by atomic mass is 16.6. The lowest BCUT2D eigenvalue weighted by atomic mass is 10.2. The van der Waals surface area contributed by atoms with Crippen molar-refractivity contribution in [2.24, 2.45) is 0 Å². The molecule has 0 bridgehead atoms. The van der Waals surface area contributed by atoms with Crippen LogP contribution in [-0.2, 0) is 16.1 Å². The second-order valence-corrected chi connectivity index (χ2v) is 3.95. The van der Waals surface area contributed by atoms with E-state index in [0.717, 1.165) is 5.56 Å². The maximum absolute atomic E-state index is 11.3. The molecule has 0 heterocycles. The maximum atomic E-state index is 11.3. The van der Waals surface area contributed by atoms with Crippen LogP contribution in [0.25, 0.3) is 0 Å². The summed E-state index contributed by atoms with van der Waals surface area (Å²) in [6.07, 6.45) is -0.00398. The molecule has 0 aromatic heterocycles. The highest BCUT2D eigenvalue weighted by molar-refractivity contribution is 5.72. The summed E-state index contributed by atoms with van der Waals surface area (Å²) in [5.41, 5.74) is -0.107. The second kappa shape index (κ2) is 5.30. The average Bonchev–Trinajstić information content (AvgIpc) is 2.27. The number of amides is 1. The van der Waals surface area contributed by atoms with Crippen molar-refractivity contribution >= 4 is 12.4 Å². The average molecular weight is 221 g/mol. The molecule has 0 saturated heterocycles. The summed E-state index contributed by atoms with van der Waals surface area (Å²) in [6.45, 7) is 3.44. The molecule has 4 nitrogen and oxygen atoms in total. The van der Waals surface area contributed by atoms with E-state index in [0.29, 0.717) is 12.8 Å². The van der Waals surface area contributed by atoms with Crippen LogP contribution in [0.15, 0.2) is 30.3 Å². The molecular formula is C12H15NO3. The Kier molecular flexibility index (Phi) is 4.05. The lowest BCUT2D eigenvalue weighted by Crippen LogP contribution is -2.35. The van der Waals surface area contributed by atoms with Crippen molar-refractivity contribution < 1.29 is 14.3 Å². The molecule has 0 aliphatic rings. The Morgan fingerprint density at radius 3 is 2.56 bits per heavy atom. The fourth-order valence-corrected chi connectivity index (χ4v) is 1.07. The van der Waals surface area contributed by atoms with Gasteiger partial charge >= 0.3 is 6.09 Å². The second-order valence-electron chi connectivity index (χ2n) is 3.95. The summed E-state index contributed by atoms with van der Waals surface area (Å²) in [6, 6.07) is 9.46. The zero-order chi connectivity index (χ0) is 12.0. The van der Waals surface area contributed by atoms with Crippen LogP contribution in [0, 0.1) is 0 Å². The van der Waals surface area contributed by atoms with Crippen LogP contribution in [-0.4, -0.2) is 18.0 Å². The fourth-order valence-electron chi connectivity index (χ4n) is 1.07. The molecule has 16 heavy (non-hydrogen) atoms. The van der Waals surface area contributed by atoms with Crippen LogP contribution in [0.4, 0.5) is 4.79 Å². The van der Waals surface area contributed by atoms with Gasteiger partial charge in [-0.2, -0.15) is 0 Å². The molecule has 0 aliphatic heterocycles. The highest BCUT2D eigenvalue weighted by Crippen LogP contribution is 2.05. The minimum absolute atomic E-state index is 0.384. The van der Waals surface area contributed by atoms with Gasteiger partial charge in [-0.05, 0) is 19.4 Å². The van der Waals surface area contributed by atoms with E-state index in [1.165, 1.54) is 13.8 Å². The van der Waals surface area contributed by atoms with Crippen LogP contribution < -0.4 is 5.32 Å². The summed E-state index contributed by atoms with van der Waals surface area (Å²) in [7, 11) is 0. The molecule has 1 amide bonds. The minimum Gasteiger partial charge on any atom is -0.436 e. The standard InChI is InChI=1S/C12H15NO3/c1-12(2,9-14)16-11(15)13-8-10-6-4-3-5-7-10/h3-7,9H,8H2,1-2H3,(H,13,15). The first kappa shape index (κ1) is 12.2. The van der Waals surface area contributed by atoms with Crippen molar-refractivity contribution in [3.05, 3.63) is 35.9 Å². The molecule has 0 unspecified atom stereocenters. The molecule has 4 heteroatoms. The third-order valence-corrected chi connectivity index (χ3v) is 1.92. The number of benzene rings is 1. The lowest BCUT2D eigenvalue weighted by Gasteiger charge is -2.18. The Morgan fingerprint density at radius 2 is 2.00 bits per heavy atom. The van der Waals surface area contributed by atoms with Crippen molar-refractivity contribution in [3.63, 3.8) is 0 Å². The number of ether oxygens (including phenoxy) is 1. The zero-order valence-corrected chi connectivity index (χ0v) is 9.40. The van der Waals surface area contributed by atoms with Gasteiger partial charge in [0.25, 0.3) is 0 Å². The predicted octanol–water partition coefficient (Wildman–Crippen LogP) is 1.89. The van der Waals surface area contributed by atoms with E-state index >= 15 is 0 Å². The lowest BCUT2D eigenvalue weighted by molar-refractivity contribution is -0.121. The molecule has 86 valence electrons. The minimum atomic E-state index is -1.08. The Bertz CT molecular complexity index is 360. The summed E-state index contributed by atoms with van der Waals surface area (Å²) in [5, 5.41) is 2.57. The van der Waals surface area contributed by atoms with Crippen molar-refractivity contribution in [1.29, 1.82) is 0 Å². The smallest absolute Gasteiger partial charge is 0.408 e. The summed E-state index contributed by atoms with van der Waals surface area (Å²) in [4.78, 5) is 21.8. The first-order valence-corrected chi connectivity index (χ1v) is 5.00. The molecule has 0 atom stereocenters. The van der Waals surface area contributed by atoms with Crippen LogP contribution in [0.5, 0.6) is 0 Å². The summed E-state index contributed by atoms with van der Waals surface area (Å²) in [5.74, 6) is 0. The van der Waals surface area contributed by atoms with E-state index in [1.807, 2.05) is 30.3 Å². The largest absolute Gasteiger partial charge is 0.436 e. The Balaban J connectivity index is 2.39. The number of carbonyl (C=O) groups excluding carboxylic acids is 2. The van der Waals surface area contributed by atoms with Crippen LogP contribution in [0.2, 0.25) is 0 Å². The van der Waals surface area contributed by atoms with Gasteiger partial charge in [-0.25, -0.2) is 4.79 Å². The van der Waals surface area contributed by atoms with Crippen molar-refractivity contribution in [1.82, 2.24) is 5.32 Å². The Hall–Kier alpha value is -1.84. The predicted molar refractivity (Wildman–Crippen MR) is 59.9 cm³/mol. The third-order valence-electron chi connectivity index (χ3n) is 1.92. The topological polar surface area (TPSA) is 55.4 Å². The number of hydrogen-bond donors (Lipinski definition) is 1. The SMILES string of the molecule is CC(C)(C=O)OC(=O)NCc1ccccc1. The third kappa shape index (κ3) is 4.13. The number of nitrogens with one attached hydrogen (secondary N) is 1. The quantitative estimate of drug-likeness (QED) is 0.790. The number of aldehydes is 1. The first-order valence-electron chi connectivity index (χ1n) is 5.00. The Morgan fingerprint density at radius 1 is 1.38 bits per heavy atom. The molecule has 1 aromatic rings. The van der Waals surface area contributed by atoms with Gasteiger partial charge in [0.15, 0.2) is 11.9 Å². The molecule has 0 aliphatic carbocycles. The van der Waals surface area contributed by atoms with E-state index in [-0.39, 0.29) is 0 Å². The number of alkyl carbamates (subject to hydrolysis) is 1. The van der Waals surface area contributed by atoms with Gasteiger partial charge in [-0.3, -0.25) is 4.79 Å². The number of rotatable bonds is 4. The molecule has 1 aromatic carbocycles. The molecule has 1 N–H and O–H groups in total. The van der Waals surface area contributed by atoms with Gasteiger partial charge in [0.1, 0.15) is 0 Å². The number of hydrogen-bond acceptors (Lipinski definition) is 3. The molecule has 0 fully saturated rings. The fraction of sp³-hybridized carbons (Fsp3) is 0.333. The normalized spacial score (nSPS) is 10.6. The van der Waals surface area contributed by atoms with E-state index in [9.17, 15) is 9.59 Å². The van der Waals surface area contributed by atoms with Gasteiger partial charge in [-0.15, -0.1) is 0 Å². The van der Waals surface area contributed by atoms with Crippen molar-refractivity contribution in [2.75, 3.05) is 0 Å². The van der Waals surface area contributed by atoms with Crippen molar-refractivity contribution in [2.45, 2.75) is 26.0 Å². The highest BCUT2D eigenvalue weighted by Gasteiger charge is 2.21. The summed E-state index contributed by atoms with van der Waals surface area (Å²) < 4.78 is 4.89.